The van der Waals surface area contributed by atoms with Crippen LogP contribution in [0.3, 0.4) is 0 Å². The van der Waals surface area contributed by atoms with Crippen molar-refractivity contribution in [1.29, 1.82) is 5.26 Å². The van der Waals surface area contributed by atoms with Crippen LogP contribution in [0.5, 0.6) is 0 Å². The number of nitriles is 1. The van der Waals surface area contributed by atoms with Crippen molar-refractivity contribution in [3.05, 3.63) is 83.8 Å². The van der Waals surface area contributed by atoms with Crippen molar-refractivity contribution in [3.8, 4) is 17.3 Å². The number of nitrogens with zero attached hydrogens (tertiary/aromatic N) is 7. The number of aliphatic hydroxyl groups is 1. The van der Waals surface area contributed by atoms with E-state index in [1.807, 2.05) is 13.0 Å². The molecule has 4 aromatic rings. The summed E-state index contributed by atoms with van der Waals surface area (Å²) in [4.78, 5) is 8.20. The second-order valence-electron chi connectivity index (χ2n) is 7.53. The zero-order valence-corrected chi connectivity index (χ0v) is 17.3. The summed E-state index contributed by atoms with van der Waals surface area (Å²) >= 11 is 0. The van der Waals surface area contributed by atoms with Crippen LogP contribution < -0.4 is 0 Å². The summed E-state index contributed by atoms with van der Waals surface area (Å²) in [7, 11) is 0. The fraction of sp³-hybridized carbons (Fsp3) is 0.227. The third kappa shape index (κ3) is 3.86. The SMILES string of the molecule is Cc1cc(C#N)cnc1-c1cnn(C(C)C(O)(Cn2cncn2)c2ccc(F)cc2F)c1. The number of benzene rings is 1. The van der Waals surface area contributed by atoms with Crippen molar-refractivity contribution in [2.75, 3.05) is 0 Å². The quantitative estimate of drug-likeness (QED) is 0.499. The Bertz CT molecular complexity index is 1300. The average Bonchev–Trinajstić information content (AvgIpc) is 3.45. The summed E-state index contributed by atoms with van der Waals surface area (Å²) in [6.07, 6.45) is 7.43. The molecule has 1 aromatic carbocycles. The van der Waals surface area contributed by atoms with E-state index in [1.54, 1.807) is 25.4 Å². The van der Waals surface area contributed by atoms with Crippen LogP contribution in [-0.4, -0.2) is 34.6 Å². The second kappa shape index (κ2) is 8.28. The van der Waals surface area contributed by atoms with Gasteiger partial charge in [0.15, 0.2) is 0 Å². The maximum absolute atomic E-state index is 14.7. The minimum atomic E-state index is -1.83. The Morgan fingerprint density at radius 3 is 2.69 bits per heavy atom. The highest BCUT2D eigenvalue weighted by Gasteiger charge is 2.40. The van der Waals surface area contributed by atoms with Gasteiger partial charge in [-0.05, 0) is 31.5 Å². The first-order chi connectivity index (χ1) is 15.3. The molecule has 3 heterocycles. The van der Waals surface area contributed by atoms with E-state index in [9.17, 15) is 13.9 Å². The first kappa shape index (κ1) is 21.3. The predicted molar refractivity (Wildman–Crippen MR) is 110 cm³/mol. The molecule has 3 aromatic heterocycles. The van der Waals surface area contributed by atoms with E-state index in [0.29, 0.717) is 16.8 Å². The number of pyridine rings is 1. The topological polar surface area (TPSA) is 105 Å². The van der Waals surface area contributed by atoms with Gasteiger partial charge in [-0.25, -0.2) is 18.4 Å². The molecule has 0 aliphatic rings. The standard InChI is InChI=1S/C22H19F2N7O/c1-14-5-16(7-25)8-27-21(14)17-9-28-31(10-17)15(2)22(32,11-30-13-26-12-29-30)19-4-3-18(23)6-20(19)24/h3-6,8-10,12-13,15,32H,11H2,1-2H3. The molecule has 0 bridgehead atoms. The van der Waals surface area contributed by atoms with Gasteiger partial charge in [-0.3, -0.25) is 9.67 Å². The number of halogens is 2. The zero-order valence-electron chi connectivity index (χ0n) is 17.3. The van der Waals surface area contributed by atoms with Gasteiger partial charge in [0.2, 0.25) is 0 Å². The fourth-order valence-electron chi connectivity index (χ4n) is 3.67. The van der Waals surface area contributed by atoms with Crippen LogP contribution in [0.4, 0.5) is 8.78 Å². The Labute approximate surface area is 182 Å². The molecular formula is C22H19F2N7O. The van der Waals surface area contributed by atoms with Gasteiger partial charge in [-0.2, -0.15) is 15.5 Å². The van der Waals surface area contributed by atoms with Crippen LogP contribution in [-0.2, 0) is 12.1 Å². The number of aryl methyl sites for hydroxylation is 1. The lowest BCUT2D eigenvalue weighted by Crippen LogP contribution is -2.40. The molecule has 2 atom stereocenters. The second-order valence-corrected chi connectivity index (χ2v) is 7.53. The number of hydrogen-bond acceptors (Lipinski definition) is 6. The summed E-state index contributed by atoms with van der Waals surface area (Å²) < 4.78 is 31.1. The predicted octanol–water partition coefficient (Wildman–Crippen LogP) is 3.14. The molecule has 0 fully saturated rings. The van der Waals surface area contributed by atoms with E-state index >= 15 is 0 Å². The van der Waals surface area contributed by atoms with Crippen LogP contribution in [0.15, 0.2) is 55.5 Å². The first-order valence-electron chi connectivity index (χ1n) is 9.73. The van der Waals surface area contributed by atoms with Crippen molar-refractivity contribution < 1.29 is 13.9 Å². The van der Waals surface area contributed by atoms with Crippen LogP contribution in [0.25, 0.3) is 11.3 Å². The smallest absolute Gasteiger partial charge is 0.137 e. The molecule has 0 radical (unpaired) electrons. The highest BCUT2D eigenvalue weighted by molar-refractivity contribution is 5.62. The fourth-order valence-corrected chi connectivity index (χ4v) is 3.67. The number of rotatable bonds is 6. The third-order valence-electron chi connectivity index (χ3n) is 5.44. The van der Waals surface area contributed by atoms with Crippen LogP contribution in [0, 0.1) is 29.9 Å². The molecule has 0 amide bonds. The summed E-state index contributed by atoms with van der Waals surface area (Å²) in [6.45, 7) is 3.37. The lowest BCUT2D eigenvalue weighted by molar-refractivity contribution is -0.0368. The van der Waals surface area contributed by atoms with Gasteiger partial charge >= 0.3 is 0 Å². The number of hydrogen-bond donors (Lipinski definition) is 1. The van der Waals surface area contributed by atoms with E-state index in [4.69, 9.17) is 5.26 Å². The maximum Gasteiger partial charge on any atom is 0.137 e. The van der Waals surface area contributed by atoms with Crippen molar-refractivity contribution in [2.45, 2.75) is 32.0 Å². The normalized spacial score (nSPS) is 14.0. The van der Waals surface area contributed by atoms with Gasteiger partial charge in [0, 0.05) is 29.6 Å². The molecule has 2 unspecified atom stereocenters. The molecular weight excluding hydrogens is 416 g/mol. The molecule has 4 rings (SSSR count). The highest BCUT2D eigenvalue weighted by Crippen LogP contribution is 2.37. The van der Waals surface area contributed by atoms with Crippen molar-refractivity contribution >= 4 is 0 Å². The molecule has 8 nitrogen and oxygen atoms in total. The molecule has 1 N–H and O–H groups in total. The van der Waals surface area contributed by atoms with Crippen molar-refractivity contribution in [3.63, 3.8) is 0 Å². The lowest BCUT2D eigenvalue weighted by Gasteiger charge is -2.34. The highest BCUT2D eigenvalue weighted by atomic mass is 19.1. The Morgan fingerprint density at radius 1 is 1.22 bits per heavy atom. The Balaban J connectivity index is 1.75. The minimum Gasteiger partial charge on any atom is -0.381 e. The molecule has 0 saturated heterocycles. The summed E-state index contributed by atoms with van der Waals surface area (Å²) in [6, 6.07) is 6.03. The maximum atomic E-state index is 14.7. The first-order valence-corrected chi connectivity index (χ1v) is 9.73. The lowest BCUT2D eigenvalue weighted by atomic mass is 9.86. The monoisotopic (exact) mass is 435 g/mol. The molecule has 32 heavy (non-hydrogen) atoms. The Morgan fingerprint density at radius 2 is 2.03 bits per heavy atom. The van der Waals surface area contributed by atoms with Crippen LogP contribution in [0.2, 0.25) is 0 Å². The van der Waals surface area contributed by atoms with E-state index < -0.39 is 23.3 Å². The van der Waals surface area contributed by atoms with Crippen LogP contribution >= 0.6 is 0 Å². The van der Waals surface area contributed by atoms with Gasteiger partial charge in [0.25, 0.3) is 0 Å². The third-order valence-corrected chi connectivity index (χ3v) is 5.44. The van der Waals surface area contributed by atoms with Gasteiger partial charge in [-0.15, -0.1) is 0 Å². The van der Waals surface area contributed by atoms with E-state index in [2.05, 4.69) is 20.2 Å². The molecule has 0 aliphatic heterocycles. The van der Waals surface area contributed by atoms with Crippen molar-refractivity contribution in [2.24, 2.45) is 0 Å². The van der Waals surface area contributed by atoms with E-state index in [0.717, 1.165) is 17.7 Å². The molecule has 0 saturated carbocycles. The van der Waals surface area contributed by atoms with Crippen LogP contribution in [0.1, 0.15) is 29.7 Å². The summed E-state index contributed by atoms with van der Waals surface area (Å²) in [5.74, 6) is -1.62. The summed E-state index contributed by atoms with van der Waals surface area (Å²) in [5.41, 5.74) is 0.616. The van der Waals surface area contributed by atoms with Crippen molar-refractivity contribution in [1.82, 2.24) is 29.5 Å². The largest absolute Gasteiger partial charge is 0.381 e. The zero-order chi connectivity index (χ0) is 22.9. The minimum absolute atomic E-state index is 0.0911. The van der Waals surface area contributed by atoms with Gasteiger partial charge in [0.1, 0.15) is 36.0 Å². The van der Waals surface area contributed by atoms with Gasteiger partial charge in [0.05, 0.1) is 30.0 Å². The Hall–Kier alpha value is -3.97. The van der Waals surface area contributed by atoms with E-state index in [1.165, 1.54) is 34.3 Å². The Kier molecular flexibility index (Phi) is 5.50. The molecule has 10 heteroatoms. The number of aromatic nitrogens is 6. The molecule has 162 valence electrons. The van der Waals surface area contributed by atoms with E-state index in [-0.39, 0.29) is 12.1 Å². The molecule has 0 aliphatic carbocycles. The van der Waals surface area contributed by atoms with Gasteiger partial charge < -0.3 is 5.11 Å². The van der Waals surface area contributed by atoms with Gasteiger partial charge in [-0.1, -0.05) is 6.07 Å². The summed E-state index contributed by atoms with van der Waals surface area (Å²) in [5, 5.41) is 29.1. The average molecular weight is 435 g/mol. The molecule has 0 spiro atoms.